The van der Waals surface area contributed by atoms with Crippen LogP contribution in [0, 0.1) is 35.1 Å². The Balaban J connectivity index is 1.09. The molecule has 10 rings (SSSR count). The number of ether oxygens (including phenoxy) is 2. The topological polar surface area (TPSA) is 52.6 Å². The highest BCUT2D eigenvalue weighted by molar-refractivity contribution is 9.10. The van der Waals surface area contributed by atoms with E-state index in [0.29, 0.717) is 33.4 Å². The Morgan fingerprint density at radius 2 is 0.784 bits per heavy atom. The number of fused-ring (bicyclic) bond motifs is 2. The van der Waals surface area contributed by atoms with E-state index in [4.69, 9.17) is 9.47 Å². The molecule has 2 aliphatic carbocycles. The number of halogens is 6. The Labute approximate surface area is 446 Å². The maximum atomic E-state index is 15.4. The van der Waals surface area contributed by atoms with Crippen LogP contribution in [0.15, 0.2) is 142 Å². The van der Waals surface area contributed by atoms with Gasteiger partial charge in [-0.25, -0.2) is 27.2 Å². The van der Waals surface area contributed by atoms with Crippen molar-refractivity contribution in [1.82, 2.24) is 0 Å². The van der Waals surface area contributed by atoms with Crippen LogP contribution in [-0.4, -0.2) is 11.9 Å². The maximum Gasteiger partial charge on any atom is 0.349 e. The van der Waals surface area contributed by atoms with Gasteiger partial charge in [0.2, 0.25) is 0 Å². The summed E-state index contributed by atoms with van der Waals surface area (Å²) in [6, 6.07) is 39.5. The minimum atomic E-state index is -1.30. The third kappa shape index (κ3) is 10.9. The Morgan fingerprint density at radius 3 is 1.12 bits per heavy atom. The summed E-state index contributed by atoms with van der Waals surface area (Å²) in [6.45, 7) is 4.51. The molecule has 0 heterocycles. The normalized spacial score (nSPS) is 17.9. The highest BCUT2D eigenvalue weighted by atomic mass is 79.9. The van der Waals surface area contributed by atoms with Crippen LogP contribution in [0.2, 0.25) is 0 Å². The van der Waals surface area contributed by atoms with Crippen LogP contribution >= 0.6 is 31.9 Å². The highest BCUT2D eigenvalue weighted by Gasteiger charge is 2.29. The zero-order valence-corrected chi connectivity index (χ0v) is 44.6. The molecule has 0 aromatic heterocycles. The van der Waals surface area contributed by atoms with Gasteiger partial charge in [0, 0.05) is 20.1 Å². The molecule has 8 aromatic rings. The van der Waals surface area contributed by atoms with E-state index >= 15 is 17.6 Å². The predicted molar refractivity (Wildman–Crippen MR) is 295 cm³/mol. The number of rotatable bonds is 13. The van der Waals surface area contributed by atoms with Gasteiger partial charge in [-0.3, -0.25) is 0 Å². The molecule has 0 spiro atoms. The number of carbonyl (C=O) groups excluding carboxylic acids is 2. The van der Waals surface area contributed by atoms with Gasteiger partial charge in [0.05, 0.1) is 0 Å². The summed E-state index contributed by atoms with van der Waals surface area (Å²) < 4.78 is 73.9. The number of esters is 2. The summed E-state index contributed by atoms with van der Waals surface area (Å²) in [5.41, 5.74) is 5.15. The Kier molecular flexibility index (Phi) is 15.6. The molecule has 0 unspecified atom stereocenters. The molecule has 8 aromatic carbocycles. The summed E-state index contributed by atoms with van der Waals surface area (Å²) in [5.74, 6) is -4.70. The first-order valence-corrected chi connectivity index (χ1v) is 27.5. The quantitative estimate of drug-likeness (QED) is 0.0656. The first kappa shape index (κ1) is 51.4. The van der Waals surface area contributed by atoms with E-state index in [0.717, 1.165) is 58.4 Å². The number of benzene rings is 8. The molecule has 0 aliphatic heterocycles. The molecule has 74 heavy (non-hydrogen) atoms. The molecule has 378 valence electrons. The third-order valence-corrected chi connectivity index (χ3v) is 16.5. The van der Waals surface area contributed by atoms with Gasteiger partial charge in [-0.2, -0.15) is 0 Å². The summed E-state index contributed by atoms with van der Waals surface area (Å²) >= 11 is 6.17. The van der Waals surface area contributed by atoms with Gasteiger partial charge in [0.1, 0.15) is 45.9 Å². The van der Waals surface area contributed by atoms with Gasteiger partial charge in [-0.1, -0.05) is 156 Å². The lowest BCUT2D eigenvalue weighted by atomic mass is 9.77. The van der Waals surface area contributed by atoms with E-state index in [1.807, 2.05) is 36.4 Å². The molecule has 4 nitrogen and oxygen atoms in total. The lowest BCUT2D eigenvalue weighted by Crippen LogP contribution is -2.15. The zero-order chi connectivity index (χ0) is 51.6. The van der Waals surface area contributed by atoms with Gasteiger partial charge < -0.3 is 9.47 Å². The van der Waals surface area contributed by atoms with Crippen LogP contribution in [0.1, 0.15) is 135 Å². The molecule has 2 fully saturated rings. The molecule has 0 amide bonds. The second-order valence-electron chi connectivity index (χ2n) is 20.3. The molecule has 0 radical (unpaired) electrons. The van der Waals surface area contributed by atoms with Crippen molar-refractivity contribution in [3.8, 4) is 44.9 Å². The van der Waals surface area contributed by atoms with Crippen LogP contribution < -0.4 is 9.47 Å². The van der Waals surface area contributed by atoms with E-state index < -0.39 is 46.3 Å². The molecule has 2 aliphatic rings. The second kappa shape index (κ2) is 22.4. The van der Waals surface area contributed by atoms with Gasteiger partial charge in [-0.15, -0.1) is 0 Å². The number of hydrogen-bond acceptors (Lipinski definition) is 4. The SMILES string of the molecule is CCC[C@H]1CC[C@H](c2ccc(-c3ccc4c(-c5c(OC(=O)c6c(F)cc(Br)cc6F)ccc6cc(-c7ccc([C@H]8CC[C@H](CCC)CC8)cc7)ccc56)c(OC(=O)c5c(F)cc(Br)cc5F)ccc4c3)cc2)CC1. The minimum Gasteiger partial charge on any atom is -0.422 e. The molecule has 2 saturated carbocycles. The van der Waals surface area contributed by atoms with Crippen molar-refractivity contribution in [2.45, 2.75) is 103 Å². The van der Waals surface area contributed by atoms with Crippen LogP contribution in [0.25, 0.3) is 54.9 Å². The first-order valence-electron chi connectivity index (χ1n) is 25.9. The van der Waals surface area contributed by atoms with E-state index in [2.05, 4.69) is 94.2 Å². The third-order valence-electron chi connectivity index (χ3n) is 15.6. The van der Waals surface area contributed by atoms with Crippen LogP contribution in [0.3, 0.4) is 0 Å². The highest BCUT2D eigenvalue weighted by Crippen LogP contribution is 2.48. The van der Waals surface area contributed by atoms with Crippen LogP contribution in [0.5, 0.6) is 11.5 Å². The van der Waals surface area contributed by atoms with Gasteiger partial charge >= 0.3 is 11.9 Å². The molecular formula is C64H56Br2F4O4. The molecule has 0 saturated heterocycles. The summed E-state index contributed by atoms with van der Waals surface area (Å²) in [4.78, 5) is 28.0. The summed E-state index contributed by atoms with van der Waals surface area (Å²) in [6.07, 6.45) is 14.8. The van der Waals surface area contributed by atoms with Gasteiger partial charge in [0.25, 0.3) is 0 Å². The van der Waals surface area contributed by atoms with E-state index in [9.17, 15) is 9.59 Å². The molecule has 10 heteroatoms. The maximum absolute atomic E-state index is 15.4. The Bertz CT molecular complexity index is 3120. The monoisotopic (exact) mass is 1120 g/mol. The van der Waals surface area contributed by atoms with Gasteiger partial charge in [-0.05, 0) is 178 Å². The summed E-state index contributed by atoms with van der Waals surface area (Å²) in [7, 11) is 0. The molecule has 0 atom stereocenters. The fourth-order valence-electron chi connectivity index (χ4n) is 11.7. The standard InChI is InChI=1S/C64H56Br2F4O4/c1-3-5-37-7-11-39(12-8-37)41-15-19-43(20-16-41)45-23-27-51-47(31-45)25-29-57(73-63(71)61-53(67)33-49(65)34-54(61)68)59(51)60-52-28-24-46(44-21-17-42(18-22-44)40-13-9-38(6-4-2)10-14-40)32-48(52)26-30-58(60)74-64(72)62-55(69)35-50(66)36-56(62)70/h15-40H,3-14H2,1-2H3/t37-,38-,39-,40-. The largest absolute Gasteiger partial charge is 0.422 e. The van der Waals surface area contributed by atoms with Crippen molar-refractivity contribution < 1.29 is 36.6 Å². The number of hydrogen-bond donors (Lipinski definition) is 0. The van der Waals surface area contributed by atoms with E-state index in [-0.39, 0.29) is 31.6 Å². The minimum absolute atomic E-state index is 0.0938. The van der Waals surface area contributed by atoms with Crippen molar-refractivity contribution >= 4 is 65.3 Å². The lowest BCUT2D eigenvalue weighted by Gasteiger charge is -2.28. The van der Waals surface area contributed by atoms with Crippen molar-refractivity contribution in [2.75, 3.05) is 0 Å². The van der Waals surface area contributed by atoms with Crippen molar-refractivity contribution in [3.05, 3.63) is 188 Å². The predicted octanol–water partition coefficient (Wildman–Crippen LogP) is 19.7. The average molecular weight is 1120 g/mol. The smallest absolute Gasteiger partial charge is 0.349 e. The van der Waals surface area contributed by atoms with Crippen molar-refractivity contribution in [2.24, 2.45) is 11.8 Å². The van der Waals surface area contributed by atoms with Crippen LogP contribution in [-0.2, 0) is 0 Å². The number of carbonyl (C=O) groups is 2. The van der Waals surface area contributed by atoms with Crippen molar-refractivity contribution in [3.63, 3.8) is 0 Å². The van der Waals surface area contributed by atoms with E-state index in [1.54, 1.807) is 12.1 Å². The van der Waals surface area contributed by atoms with Gasteiger partial charge in [0.15, 0.2) is 0 Å². The lowest BCUT2D eigenvalue weighted by molar-refractivity contribution is 0.0712. The molecule has 0 bridgehead atoms. The summed E-state index contributed by atoms with van der Waals surface area (Å²) in [5, 5.41) is 2.47. The average Bonchev–Trinajstić information content (AvgIpc) is 3.39. The zero-order valence-electron chi connectivity index (χ0n) is 41.4. The first-order chi connectivity index (χ1) is 35.8. The van der Waals surface area contributed by atoms with Crippen LogP contribution in [0.4, 0.5) is 17.6 Å². The van der Waals surface area contributed by atoms with E-state index in [1.165, 1.54) is 100 Å². The Morgan fingerprint density at radius 1 is 0.446 bits per heavy atom. The molecular weight excluding hydrogens is 1070 g/mol. The second-order valence-corrected chi connectivity index (χ2v) is 22.1. The fraction of sp³-hybridized carbons (Fsp3) is 0.281. The molecule has 0 N–H and O–H groups in total. The Hall–Kier alpha value is -6.10. The fourth-order valence-corrected chi connectivity index (χ4v) is 12.5. The van der Waals surface area contributed by atoms with Crippen molar-refractivity contribution in [1.29, 1.82) is 0 Å².